The molecule has 0 radical (unpaired) electrons. The van der Waals surface area contributed by atoms with Crippen molar-refractivity contribution in [3.63, 3.8) is 0 Å². The maximum Gasteiger partial charge on any atom is 0.277 e. The van der Waals surface area contributed by atoms with Gasteiger partial charge in [-0.3, -0.25) is 4.79 Å². The number of H-pyrrole nitrogens is 1. The molecule has 3 heterocycles. The predicted molar refractivity (Wildman–Crippen MR) is 132 cm³/mol. The second-order valence-electron chi connectivity index (χ2n) is 9.19. The summed E-state index contributed by atoms with van der Waals surface area (Å²) in [4.78, 5) is 21.0. The fraction of sp³-hybridized carbons (Fsp3) is 0.542. The first kappa shape index (κ1) is 24.0. The maximum absolute atomic E-state index is 13.2. The Morgan fingerprint density at radius 1 is 1.14 bits per heavy atom. The van der Waals surface area contributed by atoms with E-state index in [-0.39, 0.29) is 16.4 Å². The zero-order valence-electron chi connectivity index (χ0n) is 20.2. The number of benzene rings is 1. The molecule has 2 aliphatic rings. The van der Waals surface area contributed by atoms with Crippen LogP contribution >= 0.6 is 0 Å². The minimum atomic E-state index is -3.65. The number of sulfonamides is 1. The van der Waals surface area contributed by atoms with E-state index in [1.54, 1.807) is 16.6 Å². The van der Waals surface area contributed by atoms with Crippen LogP contribution in [0, 0.1) is 6.92 Å². The first-order valence-electron chi connectivity index (χ1n) is 12.4. The molecule has 0 bridgehead atoms. The van der Waals surface area contributed by atoms with Crippen molar-refractivity contribution in [3.05, 3.63) is 40.1 Å². The van der Waals surface area contributed by atoms with Crippen LogP contribution in [-0.2, 0) is 10.0 Å². The molecule has 5 rings (SSSR count). The summed E-state index contributed by atoms with van der Waals surface area (Å²) in [6.45, 7) is 6.10. The van der Waals surface area contributed by atoms with E-state index >= 15 is 0 Å². The van der Waals surface area contributed by atoms with Gasteiger partial charge in [0.15, 0.2) is 11.3 Å². The highest BCUT2D eigenvalue weighted by Crippen LogP contribution is 2.35. The molecule has 11 heteroatoms. The molecule has 3 aromatic rings. The zero-order chi connectivity index (χ0) is 24.6. The Balaban J connectivity index is 1.57. The smallest absolute Gasteiger partial charge is 0.277 e. The molecule has 1 saturated carbocycles. The number of aromatic nitrogens is 4. The number of hydrogen-bond acceptors (Lipinski definition) is 7. The minimum Gasteiger partial charge on any atom is -0.493 e. The normalized spacial score (nSPS) is 18.2. The molecule has 1 aliphatic carbocycles. The molecule has 188 valence electrons. The highest BCUT2D eigenvalue weighted by atomic mass is 32.2. The number of aromatic amines is 1. The van der Waals surface area contributed by atoms with Crippen LogP contribution in [0.4, 0.5) is 0 Å². The number of nitrogens with one attached hydrogen (secondary N) is 2. The highest BCUT2D eigenvalue weighted by molar-refractivity contribution is 7.89. The van der Waals surface area contributed by atoms with Gasteiger partial charge in [-0.15, -0.1) is 5.10 Å². The average Bonchev–Trinajstić information content (AvgIpc) is 3.22. The molecular formula is C24H32N6O4S. The maximum atomic E-state index is 13.2. The Hall–Kier alpha value is -2.76. The summed E-state index contributed by atoms with van der Waals surface area (Å²) in [5.74, 6) is 1.60. The van der Waals surface area contributed by atoms with Gasteiger partial charge in [0.05, 0.1) is 22.8 Å². The van der Waals surface area contributed by atoms with Gasteiger partial charge in [0.1, 0.15) is 11.6 Å². The fourth-order valence-corrected chi connectivity index (χ4v) is 6.58. The van der Waals surface area contributed by atoms with Gasteiger partial charge in [0.2, 0.25) is 10.0 Å². The Bertz CT molecular complexity index is 1380. The lowest BCUT2D eigenvalue weighted by molar-refractivity contribution is 0.339. The molecule has 0 spiro atoms. The number of aryl methyl sites for hydroxylation is 1. The largest absolute Gasteiger partial charge is 0.493 e. The number of fused-ring (bicyclic) bond motifs is 1. The Morgan fingerprint density at radius 3 is 2.60 bits per heavy atom. The Kier molecular flexibility index (Phi) is 6.65. The van der Waals surface area contributed by atoms with E-state index < -0.39 is 10.0 Å². The predicted octanol–water partition coefficient (Wildman–Crippen LogP) is 2.43. The first-order chi connectivity index (χ1) is 16.9. The number of nitrogens with zero attached hydrogens (tertiary/aromatic N) is 4. The summed E-state index contributed by atoms with van der Waals surface area (Å²) in [7, 11) is -3.65. The van der Waals surface area contributed by atoms with Crippen molar-refractivity contribution in [1.82, 2.24) is 29.2 Å². The first-order valence-corrected chi connectivity index (χ1v) is 13.8. The van der Waals surface area contributed by atoms with Gasteiger partial charge < -0.3 is 15.0 Å². The zero-order valence-corrected chi connectivity index (χ0v) is 21.0. The van der Waals surface area contributed by atoms with E-state index in [1.807, 2.05) is 13.8 Å². The van der Waals surface area contributed by atoms with Crippen molar-refractivity contribution in [2.24, 2.45) is 0 Å². The van der Waals surface area contributed by atoms with E-state index in [0.717, 1.165) is 31.4 Å². The monoisotopic (exact) mass is 500 g/mol. The second kappa shape index (κ2) is 9.71. The van der Waals surface area contributed by atoms with Crippen LogP contribution in [0.3, 0.4) is 0 Å². The molecule has 35 heavy (non-hydrogen) atoms. The summed E-state index contributed by atoms with van der Waals surface area (Å²) in [6, 6.07) is 4.72. The van der Waals surface area contributed by atoms with Crippen LogP contribution in [0.15, 0.2) is 27.9 Å². The SMILES string of the molecule is CCOc1cc(S(=O)(=O)N2CCNCC2)ccc1-c1nn2c(C)nc(C3CCCCC3)c2c(=O)[nH]1. The summed E-state index contributed by atoms with van der Waals surface area (Å²) < 4.78 is 35.2. The van der Waals surface area contributed by atoms with Gasteiger partial charge >= 0.3 is 0 Å². The number of ether oxygens (including phenoxy) is 1. The van der Waals surface area contributed by atoms with E-state index in [9.17, 15) is 13.2 Å². The molecule has 1 saturated heterocycles. The van der Waals surface area contributed by atoms with Crippen molar-refractivity contribution in [2.75, 3.05) is 32.8 Å². The van der Waals surface area contributed by atoms with Crippen LogP contribution in [0.1, 0.15) is 56.5 Å². The quantitative estimate of drug-likeness (QED) is 0.533. The molecule has 0 amide bonds. The summed E-state index contributed by atoms with van der Waals surface area (Å²) in [5.41, 5.74) is 1.59. The topological polar surface area (TPSA) is 122 Å². The van der Waals surface area contributed by atoms with E-state index in [2.05, 4.69) is 10.3 Å². The van der Waals surface area contributed by atoms with E-state index in [1.165, 1.54) is 16.8 Å². The van der Waals surface area contributed by atoms with Crippen LogP contribution < -0.4 is 15.6 Å². The summed E-state index contributed by atoms with van der Waals surface area (Å²) in [6.07, 6.45) is 5.58. The van der Waals surface area contributed by atoms with Gasteiger partial charge in [-0.2, -0.15) is 4.31 Å². The number of imidazole rings is 1. The van der Waals surface area contributed by atoms with Gasteiger partial charge in [-0.1, -0.05) is 19.3 Å². The summed E-state index contributed by atoms with van der Waals surface area (Å²) >= 11 is 0. The van der Waals surface area contributed by atoms with Gasteiger partial charge in [0.25, 0.3) is 5.56 Å². The third kappa shape index (κ3) is 4.48. The standard InChI is InChI=1S/C24H32N6O4S/c1-3-34-20-15-18(35(32,33)29-13-11-25-12-14-29)9-10-19(20)23-27-24(31)22-21(17-7-5-4-6-8-17)26-16(2)30(22)28-23/h9-10,15,17,25H,3-8,11-14H2,1-2H3,(H,27,28,31). The average molecular weight is 501 g/mol. The van der Waals surface area contributed by atoms with E-state index in [0.29, 0.717) is 61.3 Å². The third-order valence-electron chi connectivity index (χ3n) is 6.90. The van der Waals surface area contributed by atoms with Gasteiger partial charge in [-0.25, -0.2) is 17.9 Å². The lowest BCUT2D eigenvalue weighted by Crippen LogP contribution is -2.46. The van der Waals surface area contributed by atoms with Crippen LogP contribution in [0.25, 0.3) is 16.9 Å². The number of rotatable bonds is 6. The molecule has 0 atom stereocenters. The highest BCUT2D eigenvalue weighted by Gasteiger charge is 2.28. The third-order valence-corrected chi connectivity index (χ3v) is 8.80. The van der Waals surface area contributed by atoms with Crippen LogP contribution in [0.2, 0.25) is 0 Å². The molecule has 0 unspecified atom stereocenters. The van der Waals surface area contributed by atoms with Crippen molar-refractivity contribution in [2.45, 2.75) is 56.8 Å². The van der Waals surface area contributed by atoms with Crippen molar-refractivity contribution >= 4 is 15.5 Å². The van der Waals surface area contributed by atoms with Crippen molar-refractivity contribution in [1.29, 1.82) is 0 Å². The summed E-state index contributed by atoms with van der Waals surface area (Å²) in [5, 5.41) is 7.86. The molecule has 2 N–H and O–H groups in total. The van der Waals surface area contributed by atoms with Crippen LogP contribution in [0.5, 0.6) is 5.75 Å². The fourth-order valence-electron chi connectivity index (χ4n) is 5.12. The molecule has 1 aliphatic heterocycles. The number of piperazine rings is 1. The number of hydrogen-bond donors (Lipinski definition) is 2. The molecule has 2 aromatic heterocycles. The second-order valence-corrected chi connectivity index (χ2v) is 11.1. The van der Waals surface area contributed by atoms with Crippen molar-refractivity contribution in [3.8, 4) is 17.1 Å². The molecule has 2 fully saturated rings. The molecule has 10 nitrogen and oxygen atoms in total. The lowest BCUT2D eigenvalue weighted by atomic mass is 9.87. The van der Waals surface area contributed by atoms with Crippen LogP contribution in [-0.4, -0.2) is 65.1 Å². The molecular weight excluding hydrogens is 468 g/mol. The Morgan fingerprint density at radius 2 is 1.89 bits per heavy atom. The minimum absolute atomic E-state index is 0.161. The van der Waals surface area contributed by atoms with Crippen molar-refractivity contribution < 1.29 is 13.2 Å². The van der Waals surface area contributed by atoms with E-state index in [4.69, 9.17) is 14.8 Å². The Labute approximate surface area is 204 Å². The molecule has 1 aromatic carbocycles. The van der Waals surface area contributed by atoms with Gasteiger partial charge in [-0.05, 0) is 38.8 Å². The van der Waals surface area contributed by atoms with Gasteiger partial charge in [0, 0.05) is 38.2 Å². The lowest BCUT2D eigenvalue weighted by Gasteiger charge is -2.26.